The van der Waals surface area contributed by atoms with Crippen LogP contribution in [0.1, 0.15) is 12.1 Å². The summed E-state index contributed by atoms with van der Waals surface area (Å²) >= 11 is 0.870. The summed E-state index contributed by atoms with van der Waals surface area (Å²) in [5.41, 5.74) is -0.364. The Morgan fingerprint density at radius 2 is 2.36 bits per heavy atom. The first-order valence-electron chi connectivity index (χ1n) is 2.93. The Labute approximate surface area is 65.8 Å². The van der Waals surface area contributed by atoms with Crippen molar-refractivity contribution < 1.29 is 13.9 Å². The van der Waals surface area contributed by atoms with Gasteiger partial charge in [-0.1, -0.05) is 4.49 Å². The van der Waals surface area contributed by atoms with E-state index in [1.807, 2.05) is 0 Å². The molecule has 0 bridgehead atoms. The van der Waals surface area contributed by atoms with Gasteiger partial charge in [0, 0.05) is 18.4 Å². The molecule has 0 fully saturated rings. The highest BCUT2D eigenvalue weighted by molar-refractivity contribution is 7.03. The van der Waals surface area contributed by atoms with Crippen molar-refractivity contribution in [2.75, 3.05) is 6.61 Å². The monoisotopic (exact) mass is 180 g/mol. The van der Waals surface area contributed by atoms with E-state index in [1.165, 1.54) is 5.38 Å². The van der Waals surface area contributed by atoms with Gasteiger partial charge in [-0.2, -0.15) is 8.78 Å². The number of alkyl halides is 2. The Bertz CT molecular complexity index is 214. The van der Waals surface area contributed by atoms with E-state index in [9.17, 15) is 8.78 Å². The molecule has 0 saturated heterocycles. The first-order valence-corrected chi connectivity index (χ1v) is 3.76. The van der Waals surface area contributed by atoms with Crippen molar-refractivity contribution in [3.8, 4) is 0 Å². The summed E-state index contributed by atoms with van der Waals surface area (Å²) in [6.45, 7) is -0.551. The highest BCUT2D eigenvalue weighted by Crippen LogP contribution is 2.29. The number of aromatic nitrogens is 2. The van der Waals surface area contributed by atoms with Gasteiger partial charge in [0.15, 0.2) is 0 Å². The maximum absolute atomic E-state index is 12.7. The maximum Gasteiger partial charge on any atom is 0.294 e. The molecule has 62 valence electrons. The Morgan fingerprint density at radius 1 is 1.64 bits per heavy atom. The average molecular weight is 180 g/mol. The Morgan fingerprint density at radius 3 is 2.82 bits per heavy atom. The van der Waals surface area contributed by atoms with E-state index in [4.69, 9.17) is 5.11 Å². The molecule has 1 N–H and O–H groups in total. The molecule has 1 aromatic rings. The van der Waals surface area contributed by atoms with Crippen LogP contribution in [0.5, 0.6) is 0 Å². The van der Waals surface area contributed by atoms with Crippen LogP contribution in [0.2, 0.25) is 0 Å². The number of hydrogen-bond acceptors (Lipinski definition) is 4. The summed E-state index contributed by atoms with van der Waals surface area (Å²) in [5.74, 6) is -3.04. The fourth-order valence-electron chi connectivity index (χ4n) is 0.592. The minimum atomic E-state index is -3.04. The zero-order valence-electron chi connectivity index (χ0n) is 5.50. The fourth-order valence-corrected chi connectivity index (χ4v) is 1.09. The molecule has 0 aliphatic carbocycles. The van der Waals surface area contributed by atoms with E-state index in [0.29, 0.717) is 0 Å². The molecule has 0 atom stereocenters. The van der Waals surface area contributed by atoms with Crippen LogP contribution in [0.4, 0.5) is 8.78 Å². The summed E-state index contributed by atoms with van der Waals surface area (Å²) in [6, 6.07) is 0. The third kappa shape index (κ3) is 1.90. The lowest BCUT2D eigenvalue weighted by molar-refractivity contribution is -0.0310. The van der Waals surface area contributed by atoms with E-state index >= 15 is 0 Å². The lowest BCUT2D eigenvalue weighted by Gasteiger charge is -2.09. The molecule has 0 aliphatic heterocycles. The zero-order valence-corrected chi connectivity index (χ0v) is 6.31. The molecule has 0 unspecified atom stereocenters. The third-order valence-electron chi connectivity index (χ3n) is 1.16. The summed E-state index contributed by atoms with van der Waals surface area (Å²) in [7, 11) is 0. The van der Waals surface area contributed by atoms with Crippen LogP contribution in [0, 0.1) is 0 Å². The third-order valence-corrected chi connectivity index (χ3v) is 1.67. The molecule has 0 radical (unpaired) electrons. The molecule has 3 nitrogen and oxygen atoms in total. The van der Waals surface area contributed by atoms with Crippen molar-refractivity contribution >= 4 is 11.5 Å². The van der Waals surface area contributed by atoms with Gasteiger partial charge in [0.1, 0.15) is 5.69 Å². The highest BCUT2D eigenvalue weighted by Gasteiger charge is 2.33. The lowest BCUT2D eigenvalue weighted by atomic mass is 10.2. The zero-order chi connectivity index (χ0) is 8.32. The number of aliphatic hydroxyl groups excluding tert-OH is 1. The minimum absolute atomic E-state index is 0.364. The van der Waals surface area contributed by atoms with Gasteiger partial charge in [0.05, 0.1) is 0 Å². The van der Waals surface area contributed by atoms with Crippen LogP contribution >= 0.6 is 11.5 Å². The Balaban J connectivity index is 2.73. The summed E-state index contributed by atoms with van der Waals surface area (Å²) < 4.78 is 28.8. The van der Waals surface area contributed by atoms with Gasteiger partial charge in [-0.15, -0.1) is 5.10 Å². The Kier molecular flexibility index (Phi) is 2.45. The van der Waals surface area contributed by atoms with Gasteiger partial charge in [-0.05, 0) is 11.5 Å². The molecular weight excluding hydrogens is 174 g/mol. The van der Waals surface area contributed by atoms with Gasteiger partial charge >= 0.3 is 0 Å². The van der Waals surface area contributed by atoms with Crippen LogP contribution in [0.15, 0.2) is 5.38 Å². The minimum Gasteiger partial charge on any atom is -0.396 e. The van der Waals surface area contributed by atoms with Crippen molar-refractivity contribution in [2.24, 2.45) is 0 Å². The first-order chi connectivity index (χ1) is 5.17. The van der Waals surface area contributed by atoms with E-state index in [0.717, 1.165) is 11.5 Å². The number of rotatable bonds is 3. The second-order valence-electron chi connectivity index (χ2n) is 1.97. The van der Waals surface area contributed by atoms with Crippen molar-refractivity contribution in [3.05, 3.63) is 11.1 Å². The topological polar surface area (TPSA) is 46.0 Å². The number of nitrogens with zero attached hydrogens (tertiary/aromatic N) is 2. The first kappa shape index (κ1) is 8.48. The van der Waals surface area contributed by atoms with Crippen LogP contribution in [0.25, 0.3) is 0 Å². The quantitative estimate of drug-likeness (QED) is 0.755. The van der Waals surface area contributed by atoms with Gasteiger partial charge in [0.25, 0.3) is 5.92 Å². The smallest absolute Gasteiger partial charge is 0.294 e. The van der Waals surface area contributed by atoms with Crippen LogP contribution in [-0.2, 0) is 5.92 Å². The SMILES string of the molecule is OCCC(F)(F)c1csnn1. The predicted molar refractivity (Wildman–Crippen MR) is 35.5 cm³/mol. The number of halogens is 2. The second-order valence-corrected chi connectivity index (χ2v) is 2.58. The molecular formula is C5H6F2N2OS. The summed E-state index contributed by atoms with van der Waals surface area (Å²) in [4.78, 5) is 0. The van der Waals surface area contributed by atoms with Crippen molar-refractivity contribution in [1.29, 1.82) is 0 Å². The summed E-state index contributed by atoms with van der Waals surface area (Å²) in [6.07, 6.45) is -0.599. The molecule has 0 spiro atoms. The van der Waals surface area contributed by atoms with Crippen molar-refractivity contribution in [2.45, 2.75) is 12.3 Å². The van der Waals surface area contributed by atoms with Crippen LogP contribution < -0.4 is 0 Å². The molecule has 1 rings (SSSR count). The van der Waals surface area contributed by atoms with Gasteiger partial charge < -0.3 is 5.11 Å². The molecule has 0 saturated carbocycles. The normalized spacial score (nSPS) is 11.9. The molecule has 0 aromatic carbocycles. The van der Waals surface area contributed by atoms with E-state index in [1.54, 1.807) is 0 Å². The van der Waals surface area contributed by atoms with Crippen molar-refractivity contribution in [3.63, 3.8) is 0 Å². The molecule has 0 amide bonds. The van der Waals surface area contributed by atoms with Gasteiger partial charge in [-0.25, -0.2) is 0 Å². The lowest BCUT2D eigenvalue weighted by Crippen LogP contribution is -2.15. The molecule has 1 aromatic heterocycles. The van der Waals surface area contributed by atoms with Gasteiger partial charge in [0.2, 0.25) is 0 Å². The number of aliphatic hydroxyl groups is 1. The highest BCUT2D eigenvalue weighted by atomic mass is 32.1. The van der Waals surface area contributed by atoms with E-state index in [-0.39, 0.29) is 5.69 Å². The van der Waals surface area contributed by atoms with Crippen molar-refractivity contribution in [1.82, 2.24) is 9.59 Å². The van der Waals surface area contributed by atoms with Crippen LogP contribution in [0.3, 0.4) is 0 Å². The van der Waals surface area contributed by atoms with E-state index < -0.39 is 19.0 Å². The predicted octanol–water partition coefficient (Wildman–Crippen LogP) is 1.01. The standard InChI is InChI=1S/C5H6F2N2OS/c6-5(7,1-2-10)4-3-11-9-8-4/h3,10H,1-2H2. The van der Waals surface area contributed by atoms with E-state index in [2.05, 4.69) is 9.59 Å². The molecule has 6 heteroatoms. The average Bonchev–Trinajstić information content (AvgIpc) is 2.37. The van der Waals surface area contributed by atoms with Gasteiger partial charge in [-0.3, -0.25) is 0 Å². The molecule has 0 aliphatic rings. The maximum atomic E-state index is 12.7. The Hall–Kier alpha value is -0.620. The fraction of sp³-hybridized carbons (Fsp3) is 0.600. The molecule has 1 heterocycles. The molecule has 11 heavy (non-hydrogen) atoms. The van der Waals surface area contributed by atoms with Crippen LogP contribution in [-0.4, -0.2) is 21.3 Å². The summed E-state index contributed by atoms with van der Waals surface area (Å²) in [5, 5.41) is 12.7. The second kappa shape index (κ2) is 3.19. The number of hydrogen-bond donors (Lipinski definition) is 1. The largest absolute Gasteiger partial charge is 0.396 e.